The lowest BCUT2D eigenvalue weighted by atomic mass is 10.1. The number of carbonyl (C=O) groups excluding carboxylic acids is 2. The van der Waals surface area contributed by atoms with Crippen LogP contribution < -0.4 is 10.6 Å². The van der Waals surface area contributed by atoms with Crippen LogP contribution >= 0.6 is 11.3 Å². The van der Waals surface area contributed by atoms with Crippen molar-refractivity contribution in [2.75, 3.05) is 11.9 Å². The minimum absolute atomic E-state index is 0.118. The number of urea groups is 1. The number of benzene rings is 1. The molecular formula is C20H25N3O2S. The maximum atomic E-state index is 12.7. The first kappa shape index (κ1) is 18.5. The van der Waals surface area contributed by atoms with E-state index in [1.54, 1.807) is 35.6 Å². The summed E-state index contributed by atoms with van der Waals surface area (Å²) in [5.41, 5.74) is 2.06. The normalized spacial score (nSPS) is 17.2. The Kier molecular flexibility index (Phi) is 5.32. The monoisotopic (exact) mass is 371 g/mol. The number of carbonyl (C=O) groups is 2. The number of hydrogen-bond acceptors (Lipinski definition) is 3. The van der Waals surface area contributed by atoms with Crippen LogP contribution in [0.25, 0.3) is 0 Å². The van der Waals surface area contributed by atoms with Crippen molar-refractivity contribution in [1.29, 1.82) is 0 Å². The van der Waals surface area contributed by atoms with Gasteiger partial charge in [0.2, 0.25) is 0 Å². The number of anilines is 1. The molecule has 26 heavy (non-hydrogen) atoms. The quantitative estimate of drug-likeness (QED) is 0.825. The van der Waals surface area contributed by atoms with Gasteiger partial charge in [0.1, 0.15) is 0 Å². The van der Waals surface area contributed by atoms with Crippen molar-refractivity contribution in [3.8, 4) is 0 Å². The molecule has 0 bridgehead atoms. The van der Waals surface area contributed by atoms with Gasteiger partial charge in [0.25, 0.3) is 5.91 Å². The summed E-state index contributed by atoms with van der Waals surface area (Å²) in [4.78, 5) is 27.0. The summed E-state index contributed by atoms with van der Waals surface area (Å²) in [5, 5.41) is 10.0. The molecule has 6 heteroatoms. The molecule has 3 amide bonds. The van der Waals surface area contributed by atoms with Gasteiger partial charge >= 0.3 is 6.03 Å². The zero-order chi connectivity index (χ0) is 18.7. The lowest BCUT2D eigenvalue weighted by Gasteiger charge is -2.25. The number of hydrogen-bond donors (Lipinski definition) is 2. The van der Waals surface area contributed by atoms with Gasteiger partial charge in [-0.1, -0.05) is 6.07 Å². The molecule has 1 atom stereocenters. The maximum absolute atomic E-state index is 12.7. The van der Waals surface area contributed by atoms with Gasteiger partial charge in [-0.25, -0.2) is 4.79 Å². The molecule has 0 spiro atoms. The van der Waals surface area contributed by atoms with Crippen LogP contribution in [0.15, 0.2) is 41.1 Å². The summed E-state index contributed by atoms with van der Waals surface area (Å²) >= 11 is 1.65. The van der Waals surface area contributed by atoms with Gasteiger partial charge in [-0.05, 0) is 74.2 Å². The molecule has 3 rings (SSSR count). The Bertz CT molecular complexity index is 781. The minimum Gasteiger partial charge on any atom is -0.347 e. The van der Waals surface area contributed by atoms with Gasteiger partial charge in [0.05, 0.1) is 6.04 Å². The van der Waals surface area contributed by atoms with Crippen molar-refractivity contribution < 1.29 is 9.59 Å². The number of nitrogens with zero attached hydrogens (tertiary/aromatic N) is 1. The topological polar surface area (TPSA) is 61.4 Å². The van der Waals surface area contributed by atoms with Gasteiger partial charge in [-0.3, -0.25) is 4.79 Å². The molecule has 0 aliphatic carbocycles. The fraction of sp³-hybridized carbons (Fsp3) is 0.400. The molecule has 1 aromatic carbocycles. The summed E-state index contributed by atoms with van der Waals surface area (Å²) in [6.45, 7) is 6.56. The molecule has 2 N–H and O–H groups in total. The predicted molar refractivity (Wildman–Crippen MR) is 106 cm³/mol. The minimum atomic E-state index is -0.306. The van der Waals surface area contributed by atoms with E-state index < -0.39 is 0 Å². The summed E-state index contributed by atoms with van der Waals surface area (Å²) < 4.78 is 0. The van der Waals surface area contributed by atoms with E-state index in [0.717, 1.165) is 19.4 Å². The summed E-state index contributed by atoms with van der Waals surface area (Å²) in [6.07, 6.45) is 1.99. The molecule has 1 aromatic heterocycles. The van der Waals surface area contributed by atoms with Crippen molar-refractivity contribution in [1.82, 2.24) is 10.2 Å². The molecule has 5 nitrogen and oxygen atoms in total. The van der Waals surface area contributed by atoms with Gasteiger partial charge in [-0.15, -0.1) is 0 Å². The summed E-state index contributed by atoms with van der Waals surface area (Å²) in [7, 11) is 0. The Balaban J connectivity index is 1.70. The number of likely N-dealkylation sites (tertiary alicyclic amines) is 1. The van der Waals surface area contributed by atoms with Crippen LogP contribution in [-0.4, -0.2) is 28.9 Å². The average Bonchev–Trinajstić information content (AvgIpc) is 3.24. The Morgan fingerprint density at radius 3 is 2.73 bits per heavy atom. The summed E-state index contributed by atoms with van der Waals surface area (Å²) in [5.74, 6) is -0.147. The third kappa shape index (κ3) is 4.43. The molecular weight excluding hydrogens is 346 g/mol. The smallest absolute Gasteiger partial charge is 0.322 e. The molecule has 1 aliphatic rings. The van der Waals surface area contributed by atoms with E-state index in [9.17, 15) is 9.59 Å². The average molecular weight is 372 g/mol. The first-order valence-electron chi connectivity index (χ1n) is 8.86. The number of thiophene rings is 1. The fourth-order valence-electron chi connectivity index (χ4n) is 3.17. The van der Waals surface area contributed by atoms with Gasteiger partial charge in [0.15, 0.2) is 0 Å². The second-order valence-corrected chi connectivity index (χ2v) is 8.40. The first-order chi connectivity index (χ1) is 12.3. The van der Waals surface area contributed by atoms with Gasteiger partial charge < -0.3 is 15.5 Å². The highest BCUT2D eigenvalue weighted by Gasteiger charge is 2.30. The first-order valence-corrected chi connectivity index (χ1v) is 9.80. The Morgan fingerprint density at radius 2 is 2.04 bits per heavy atom. The van der Waals surface area contributed by atoms with E-state index >= 15 is 0 Å². The van der Waals surface area contributed by atoms with Gasteiger partial charge in [0, 0.05) is 23.3 Å². The Hall–Kier alpha value is -2.34. The van der Waals surface area contributed by atoms with E-state index in [0.29, 0.717) is 11.3 Å². The molecule has 138 valence electrons. The van der Waals surface area contributed by atoms with Crippen LogP contribution in [0.2, 0.25) is 0 Å². The van der Waals surface area contributed by atoms with Crippen molar-refractivity contribution >= 4 is 29.0 Å². The fourth-order valence-corrected chi connectivity index (χ4v) is 3.87. The third-order valence-corrected chi connectivity index (χ3v) is 5.01. The zero-order valence-electron chi connectivity index (χ0n) is 15.4. The zero-order valence-corrected chi connectivity index (χ0v) is 16.2. The lowest BCUT2D eigenvalue weighted by molar-refractivity contribution is 0.0919. The van der Waals surface area contributed by atoms with Crippen LogP contribution in [-0.2, 0) is 0 Å². The van der Waals surface area contributed by atoms with E-state index in [1.807, 2.05) is 31.1 Å². The van der Waals surface area contributed by atoms with E-state index in [-0.39, 0.29) is 23.5 Å². The highest BCUT2D eigenvalue weighted by atomic mass is 32.1. The van der Waals surface area contributed by atoms with Crippen molar-refractivity contribution in [3.05, 3.63) is 52.2 Å². The van der Waals surface area contributed by atoms with Crippen molar-refractivity contribution in [3.63, 3.8) is 0 Å². The molecule has 2 aromatic rings. The van der Waals surface area contributed by atoms with E-state index in [1.165, 1.54) is 5.56 Å². The molecule has 1 saturated heterocycles. The molecule has 2 heterocycles. The number of amides is 3. The van der Waals surface area contributed by atoms with Crippen LogP contribution in [0.1, 0.15) is 55.6 Å². The Labute approximate surface area is 158 Å². The molecule has 0 saturated carbocycles. The van der Waals surface area contributed by atoms with Gasteiger partial charge in [-0.2, -0.15) is 11.3 Å². The SMILES string of the molecule is CC(C)(C)NC(=O)c1cccc(NC(=O)N2CCCC2c2ccsc2)c1. The van der Waals surface area contributed by atoms with Crippen molar-refractivity contribution in [2.45, 2.75) is 45.2 Å². The standard InChI is InChI=1S/C20H25N3O2S/c1-20(2,3)22-18(24)14-6-4-7-16(12-14)21-19(25)23-10-5-8-17(23)15-9-11-26-13-15/h4,6-7,9,11-13,17H,5,8,10H2,1-3H3,(H,21,25)(H,22,24). The third-order valence-electron chi connectivity index (χ3n) is 4.31. The molecule has 1 aliphatic heterocycles. The van der Waals surface area contributed by atoms with E-state index in [4.69, 9.17) is 0 Å². The van der Waals surface area contributed by atoms with E-state index in [2.05, 4.69) is 22.1 Å². The predicted octanol–water partition coefficient (Wildman–Crippen LogP) is 4.65. The second kappa shape index (κ2) is 7.50. The van der Waals surface area contributed by atoms with Crippen LogP contribution in [0.5, 0.6) is 0 Å². The van der Waals surface area contributed by atoms with Crippen LogP contribution in [0.3, 0.4) is 0 Å². The molecule has 0 radical (unpaired) electrons. The highest BCUT2D eigenvalue weighted by Crippen LogP contribution is 2.33. The van der Waals surface area contributed by atoms with Crippen LogP contribution in [0, 0.1) is 0 Å². The van der Waals surface area contributed by atoms with Crippen LogP contribution in [0.4, 0.5) is 10.5 Å². The highest BCUT2D eigenvalue weighted by molar-refractivity contribution is 7.08. The molecule has 1 unspecified atom stereocenters. The Morgan fingerprint density at radius 1 is 1.23 bits per heavy atom. The number of rotatable bonds is 3. The molecule has 1 fully saturated rings. The lowest BCUT2D eigenvalue weighted by Crippen LogP contribution is -2.40. The second-order valence-electron chi connectivity index (χ2n) is 7.62. The number of nitrogens with one attached hydrogen (secondary N) is 2. The largest absolute Gasteiger partial charge is 0.347 e. The van der Waals surface area contributed by atoms with Crippen molar-refractivity contribution in [2.24, 2.45) is 0 Å². The maximum Gasteiger partial charge on any atom is 0.322 e. The summed E-state index contributed by atoms with van der Waals surface area (Å²) in [6, 6.07) is 9.16.